The highest BCUT2D eigenvalue weighted by atomic mass is 19.1. The number of hydrogen-bond acceptors (Lipinski definition) is 3. The molecule has 0 aliphatic carbocycles. The lowest BCUT2D eigenvalue weighted by Gasteiger charge is -2.36. The van der Waals surface area contributed by atoms with Gasteiger partial charge in [0.25, 0.3) is 0 Å². The van der Waals surface area contributed by atoms with Crippen molar-refractivity contribution >= 4 is 11.9 Å². The predicted octanol–water partition coefficient (Wildman–Crippen LogP) is 4.64. The van der Waals surface area contributed by atoms with Gasteiger partial charge in [0, 0.05) is 58.8 Å². The smallest absolute Gasteiger partial charge is 0.317 e. The van der Waals surface area contributed by atoms with Crippen LogP contribution in [0.1, 0.15) is 70.8 Å². The molecule has 1 aliphatic rings. The Bertz CT molecular complexity index is 690. The van der Waals surface area contributed by atoms with Gasteiger partial charge in [-0.3, -0.25) is 9.69 Å². The van der Waals surface area contributed by atoms with E-state index in [1.165, 1.54) is 37.8 Å². The molecule has 0 bridgehead atoms. The zero-order valence-electron chi connectivity index (χ0n) is 20.7. The molecule has 1 aliphatic heterocycles. The number of unbranched alkanes of at least 4 members (excludes halogenated alkanes) is 5. The van der Waals surface area contributed by atoms with Crippen molar-refractivity contribution in [2.45, 2.75) is 71.8 Å². The maximum atomic E-state index is 13.3. The van der Waals surface area contributed by atoms with Crippen LogP contribution in [0, 0.1) is 5.82 Å². The van der Waals surface area contributed by atoms with E-state index in [1.54, 1.807) is 12.1 Å². The van der Waals surface area contributed by atoms with Crippen LogP contribution in [0.3, 0.4) is 0 Å². The number of benzene rings is 1. The maximum absolute atomic E-state index is 13.3. The van der Waals surface area contributed by atoms with Crippen molar-refractivity contribution in [3.8, 4) is 0 Å². The fraction of sp³-hybridized carbons (Fsp3) is 0.692. The summed E-state index contributed by atoms with van der Waals surface area (Å²) in [4.78, 5) is 31.1. The molecule has 1 aromatic carbocycles. The summed E-state index contributed by atoms with van der Waals surface area (Å²) in [7, 11) is 0. The lowest BCUT2D eigenvalue weighted by atomic mass is 10.1. The first kappa shape index (κ1) is 27.1. The molecule has 1 heterocycles. The van der Waals surface area contributed by atoms with E-state index in [-0.39, 0.29) is 17.8 Å². The van der Waals surface area contributed by atoms with Crippen LogP contribution in [-0.2, 0) is 11.3 Å². The third-order valence-electron chi connectivity index (χ3n) is 6.26. The summed E-state index contributed by atoms with van der Waals surface area (Å²) in [5, 5.41) is 3.07. The molecule has 0 unspecified atom stereocenters. The highest BCUT2D eigenvalue weighted by Crippen LogP contribution is 2.10. The number of carbonyl (C=O) groups excluding carboxylic acids is 2. The molecule has 1 fully saturated rings. The lowest BCUT2D eigenvalue weighted by molar-refractivity contribution is -0.133. The summed E-state index contributed by atoms with van der Waals surface area (Å²) in [6.45, 7) is 9.91. The number of nitrogens with one attached hydrogen (secondary N) is 1. The Morgan fingerprint density at radius 1 is 0.939 bits per heavy atom. The first-order valence-electron chi connectivity index (χ1n) is 12.8. The molecule has 1 aromatic rings. The molecular weight excluding hydrogens is 419 g/mol. The molecule has 0 aromatic heterocycles. The molecule has 2 rings (SSSR count). The van der Waals surface area contributed by atoms with Crippen LogP contribution in [0.4, 0.5) is 9.18 Å². The van der Waals surface area contributed by atoms with Gasteiger partial charge in [0.1, 0.15) is 5.82 Å². The quantitative estimate of drug-likeness (QED) is 0.410. The van der Waals surface area contributed by atoms with Gasteiger partial charge in [-0.15, -0.1) is 0 Å². The van der Waals surface area contributed by atoms with E-state index >= 15 is 0 Å². The Kier molecular flexibility index (Phi) is 12.8. The maximum Gasteiger partial charge on any atom is 0.317 e. The number of urea groups is 1. The van der Waals surface area contributed by atoms with Crippen molar-refractivity contribution in [2.75, 3.05) is 45.8 Å². The Morgan fingerprint density at radius 3 is 2.27 bits per heavy atom. The number of hydrogen-bond donors (Lipinski definition) is 1. The first-order valence-corrected chi connectivity index (χ1v) is 12.8. The standard InChI is InChI=1S/C26H43FN4O2/c1-3-5-6-7-8-9-15-28-26(33)31(22-23-11-13-24(27)14-12-23)21-18-29-16-19-30(20-17-29)25(32)10-4-2/h11-14H,3-10,15-22H2,1-2H3,(H,28,33). The van der Waals surface area contributed by atoms with Crippen LogP contribution in [0.5, 0.6) is 0 Å². The SMILES string of the molecule is CCCCCCCCNC(=O)N(CCN1CCN(C(=O)CCC)CC1)Cc1ccc(F)cc1. The largest absolute Gasteiger partial charge is 0.340 e. The lowest BCUT2D eigenvalue weighted by Crippen LogP contribution is -2.51. The second-order valence-corrected chi connectivity index (χ2v) is 9.02. The van der Waals surface area contributed by atoms with Crippen LogP contribution in [0.15, 0.2) is 24.3 Å². The molecule has 33 heavy (non-hydrogen) atoms. The predicted molar refractivity (Wildman–Crippen MR) is 132 cm³/mol. The summed E-state index contributed by atoms with van der Waals surface area (Å²) in [6.07, 6.45) is 8.62. The van der Waals surface area contributed by atoms with Crippen molar-refractivity contribution in [1.82, 2.24) is 20.0 Å². The van der Waals surface area contributed by atoms with Crippen molar-refractivity contribution in [3.63, 3.8) is 0 Å². The van der Waals surface area contributed by atoms with Crippen LogP contribution in [0.25, 0.3) is 0 Å². The minimum Gasteiger partial charge on any atom is -0.340 e. The molecule has 1 saturated heterocycles. The van der Waals surface area contributed by atoms with Crippen LogP contribution in [-0.4, -0.2) is 72.5 Å². The van der Waals surface area contributed by atoms with Gasteiger partial charge in [-0.05, 0) is 30.5 Å². The second kappa shape index (κ2) is 15.6. The van der Waals surface area contributed by atoms with Crippen molar-refractivity contribution < 1.29 is 14.0 Å². The second-order valence-electron chi connectivity index (χ2n) is 9.02. The van der Waals surface area contributed by atoms with E-state index in [2.05, 4.69) is 17.1 Å². The van der Waals surface area contributed by atoms with Crippen LogP contribution in [0.2, 0.25) is 0 Å². The third-order valence-corrected chi connectivity index (χ3v) is 6.26. The van der Waals surface area contributed by atoms with Gasteiger partial charge in [0.15, 0.2) is 0 Å². The Labute approximate surface area is 199 Å². The Balaban J connectivity index is 1.81. The minimum absolute atomic E-state index is 0.0651. The number of nitrogens with zero attached hydrogens (tertiary/aromatic N) is 3. The molecule has 3 amide bonds. The molecule has 1 N–H and O–H groups in total. The number of amides is 3. The average Bonchev–Trinajstić information content (AvgIpc) is 2.82. The fourth-order valence-electron chi connectivity index (χ4n) is 4.13. The van der Waals surface area contributed by atoms with E-state index in [1.807, 2.05) is 16.7 Å². The van der Waals surface area contributed by atoms with Crippen LogP contribution >= 0.6 is 0 Å². The fourth-order valence-corrected chi connectivity index (χ4v) is 4.13. The molecule has 0 saturated carbocycles. The number of carbonyl (C=O) groups is 2. The summed E-state index contributed by atoms with van der Waals surface area (Å²) in [5.41, 5.74) is 0.918. The summed E-state index contributed by atoms with van der Waals surface area (Å²) in [6, 6.07) is 6.29. The van der Waals surface area contributed by atoms with Crippen molar-refractivity contribution in [2.24, 2.45) is 0 Å². The summed E-state index contributed by atoms with van der Waals surface area (Å²) >= 11 is 0. The average molecular weight is 463 g/mol. The highest BCUT2D eigenvalue weighted by molar-refractivity contribution is 5.76. The van der Waals surface area contributed by atoms with Gasteiger partial charge in [-0.25, -0.2) is 9.18 Å². The van der Waals surface area contributed by atoms with Gasteiger partial charge in [0.2, 0.25) is 5.91 Å². The minimum atomic E-state index is -0.270. The topological polar surface area (TPSA) is 55.9 Å². The van der Waals surface area contributed by atoms with E-state index in [4.69, 9.17) is 0 Å². The molecule has 0 radical (unpaired) electrons. The molecule has 0 atom stereocenters. The van der Waals surface area contributed by atoms with Gasteiger partial charge in [-0.2, -0.15) is 0 Å². The number of rotatable bonds is 14. The number of piperazine rings is 1. The molecule has 7 heteroatoms. The van der Waals surface area contributed by atoms with E-state index in [9.17, 15) is 14.0 Å². The van der Waals surface area contributed by atoms with Gasteiger partial charge in [0.05, 0.1) is 0 Å². The molecule has 186 valence electrons. The van der Waals surface area contributed by atoms with Crippen molar-refractivity contribution in [1.29, 1.82) is 0 Å². The Hall–Kier alpha value is -2.15. The summed E-state index contributed by atoms with van der Waals surface area (Å²) < 4.78 is 13.3. The van der Waals surface area contributed by atoms with E-state index < -0.39 is 0 Å². The molecular formula is C26H43FN4O2. The van der Waals surface area contributed by atoms with Crippen LogP contribution < -0.4 is 5.32 Å². The highest BCUT2D eigenvalue weighted by Gasteiger charge is 2.22. The first-order chi connectivity index (χ1) is 16.0. The van der Waals surface area contributed by atoms with Gasteiger partial charge >= 0.3 is 6.03 Å². The van der Waals surface area contributed by atoms with Gasteiger partial charge < -0.3 is 15.1 Å². The summed E-state index contributed by atoms with van der Waals surface area (Å²) in [5.74, 6) is -0.0301. The third kappa shape index (κ3) is 10.5. The Morgan fingerprint density at radius 2 is 1.61 bits per heavy atom. The van der Waals surface area contributed by atoms with Crippen molar-refractivity contribution in [3.05, 3.63) is 35.6 Å². The monoisotopic (exact) mass is 462 g/mol. The van der Waals surface area contributed by atoms with E-state index in [0.29, 0.717) is 26.1 Å². The van der Waals surface area contributed by atoms with E-state index in [0.717, 1.165) is 57.5 Å². The van der Waals surface area contributed by atoms with Gasteiger partial charge in [-0.1, -0.05) is 58.1 Å². The number of halogens is 1. The molecule has 0 spiro atoms. The normalized spacial score (nSPS) is 14.3. The molecule has 6 nitrogen and oxygen atoms in total. The zero-order valence-corrected chi connectivity index (χ0v) is 20.7. The zero-order chi connectivity index (χ0) is 23.9.